The first kappa shape index (κ1) is 16.2. The lowest BCUT2D eigenvalue weighted by Crippen LogP contribution is -2.14. The Hall–Kier alpha value is -2.63. The molecule has 6 heteroatoms. The smallest absolute Gasteiger partial charge is 0.277 e. The molecule has 2 heterocycles. The van der Waals surface area contributed by atoms with Gasteiger partial charge in [-0.2, -0.15) is 5.10 Å². The first-order chi connectivity index (χ1) is 11.6. The predicted molar refractivity (Wildman–Crippen MR) is 96.5 cm³/mol. The van der Waals surface area contributed by atoms with Crippen LogP contribution >= 0.6 is 0 Å². The van der Waals surface area contributed by atoms with E-state index in [4.69, 9.17) is 0 Å². The standard InChI is InChI=1S/C18H23N5O/c1-4-6-14-16-17(23(3)22-14)18(24)21-15(20-16)11-12-7-9-13(10-8-12)19-5-2/h7-10,19H,4-6,11H2,1-3H3,(H,20,21,24). The van der Waals surface area contributed by atoms with Crippen LogP contribution in [-0.4, -0.2) is 26.3 Å². The molecule has 0 fully saturated rings. The van der Waals surface area contributed by atoms with Crippen molar-refractivity contribution in [1.82, 2.24) is 19.7 Å². The van der Waals surface area contributed by atoms with Crippen LogP contribution in [0.25, 0.3) is 11.0 Å². The average molecular weight is 325 g/mol. The third-order valence-electron chi connectivity index (χ3n) is 4.00. The van der Waals surface area contributed by atoms with Crippen molar-refractivity contribution in [2.24, 2.45) is 7.05 Å². The number of H-pyrrole nitrogens is 1. The van der Waals surface area contributed by atoms with Gasteiger partial charge in [-0.1, -0.05) is 25.5 Å². The lowest BCUT2D eigenvalue weighted by atomic mass is 10.1. The number of aromatic nitrogens is 4. The van der Waals surface area contributed by atoms with E-state index >= 15 is 0 Å². The fourth-order valence-electron chi connectivity index (χ4n) is 2.92. The summed E-state index contributed by atoms with van der Waals surface area (Å²) in [6.45, 7) is 5.06. The molecule has 2 N–H and O–H groups in total. The summed E-state index contributed by atoms with van der Waals surface area (Å²) in [5.74, 6) is 0.675. The summed E-state index contributed by atoms with van der Waals surface area (Å²) >= 11 is 0. The summed E-state index contributed by atoms with van der Waals surface area (Å²) in [5, 5.41) is 7.72. The summed E-state index contributed by atoms with van der Waals surface area (Å²) in [6, 6.07) is 8.20. The van der Waals surface area contributed by atoms with Crippen molar-refractivity contribution < 1.29 is 0 Å². The van der Waals surface area contributed by atoms with E-state index in [0.29, 0.717) is 17.8 Å². The molecule has 0 spiro atoms. The van der Waals surface area contributed by atoms with E-state index in [1.165, 1.54) is 0 Å². The molecular formula is C18H23N5O. The largest absolute Gasteiger partial charge is 0.385 e. The van der Waals surface area contributed by atoms with E-state index in [0.717, 1.165) is 41.8 Å². The lowest BCUT2D eigenvalue weighted by molar-refractivity contribution is 0.750. The molecule has 1 aromatic carbocycles. The predicted octanol–water partition coefficient (Wildman–Crippen LogP) is 2.63. The Labute approximate surface area is 140 Å². The van der Waals surface area contributed by atoms with Gasteiger partial charge in [-0.15, -0.1) is 0 Å². The van der Waals surface area contributed by atoms with Crippen LogP contribution in [0.1, 0.15) is 37.4 Å². The molecule has 0 saturated heterocycles. The second-order valence-electron chi connectivity index (χ2n) is 5.93. The number of rotatable bonds is 6. The molecule has 2 aromatic heterocycles. The number of nitrogens with zero attached hydrogens (tertiary/aromatic N) is 3. The molecule has 0 bridgehead atoms. The lowest BCUT2D eigenvalue weighted by Gasteiger charge is -2.05. The highest BCUT2D eigenvalue weighted by Gasteiger charge is 2.14. The first-order valence-electron chi connectivity index (χ1n) is 8.40. The number of hydrogen-bond donors (Lipinski definition) is 2. The van der Waals surface area contributed by atoms with Crippen LogP contribution in [0.3, 0.4) is 0 Å². The molecule has 0 amide bonds. The van der Waals surface area contributed by atoms with Gasteiger partial charge in [-0.25, -0.2) is 4.98 Å². The van der Waals surface area contributed by atoms with Gasteiger partial charge in [0.15, 0.2) is 5.52 Å². The molecule has 0 aliphatic rings. The Morgan fingerprint density at radius 2 is 1.96 bits per heavy atom. The molecule has 0 radical (unpaired) electrons. The van der Waals surface area contributed by atoms with E-state index in [1.54, 1.807) is 11.7 Å². The maximum atomic E-state index is 12.4. The Bertz CT molecular complexity index is 892. The number of hydrogen-bond acceptors (Lipinski definition) is 4. The highest BCUT2D eigenvalue weighted by molar-refractivity contribution is 5.76. The third-order valence-corrected chi connectivity index (χ3v) is 4.00. The maximum Gasteiger partial charge on any atom is 0.277 e. The molecule has 0 aliphatic heterocycles. The van der Waals surface area contributed by atoms with E-state index in [9.17, 15) is 4.79 Å². The number of benzene rings is 1. The molecule has 3 rings (SSSR count). The van der Waals surface area contributed by atoms with E-state index in [2.05, 4.69) is 46.4 Å². The minimum absolute atomic E-state index is 0.128. The Kier molecular flexibility index (Phi) is 4.64. The van der Waals surface area contributed by atoms with E-state index in [1.807, 2.05) is 12.1 Å². The van der Waals surface area contributed by atoms with Gasteiger partial charge in [0.2, 0.25) is 0 Å². The van der Waals surface area contributed by atoms with Gasteiger partial charge in [-0.3, -0.25) is 9.48 Å². The number of fused-ring (bicyclic) bond motifs is 1. The second kappa shape index (κ2) is 6.86. The summed E-state index contributed by atoms with van der Waals surface area (Å²) in [7, 11) is 1.79. The van der Waals surface area contributed by atoms with E-state index < -0.39 is 0 Å². The Morgan fingerprint density at radius 1 is 1.21 bits per heavy atom. The van der Waals surface area contributed by atoms with Crippen molar-refractivity contribution in [1.29, 1.82) is 0 Å². The molecule has 0 atom stereocenters. The van der Waals surface area contributed by atoms with E-state index in [-0.39, 0.29) is 5.56 Å². The van der Waals surface area contributed by atoms with Crippen molar-refractivity contribution >= 4 is 16.7 Å². The average Bonchev–Trinajstić information content (AvgIpc) is 2.86. The van der Waals surface area contributed by atoms with Crippen LogP contribution in [0.5, 0.6) is 0 Å². The zero-order valence-corrected chi connectivity index (χ0v) is 14.4. The molecule has 6 nitrogen and oxygen atoms in total. The first-order valence-corrected chi connectivity index (χ1v) is 8.40. The fourth-order valence-corrected chi connectivity index (χ4v) is 2.92. The van der Waals surface area contributed by atoms with Gasteiger partial charge in [0, 0.05) is 25.7 Å². The van der Waals surface area contributed by atoms with Gasteiger partial charge >= 0.3 is 0 Å². The Balaban J connectivity index is 1.94. The second-order valence-corrected chi connectivity index (χ2v) is 5.93. The zero-order chi connectivity index (χ0) is 17.1. The van der Waals surface area contributed by atoms with Crippen LogP contribution in [0, 0.1) is 0 Å². The zero-order valence-electron chi connectivity index (χ0n) is 14.4. The monoisotopic (exact) mass is 325 g/mol. The molecule has 3 aromatic rings. The summed E-state index contributed by atoms with van der Waals surface area (Å²) in [4.78, 5) is 20.0. The molecule has 0 unspecified atom stereocenters. The quantitative estimate of drug-likeness (QED) is 0.730. The highest BCUT2D eigenvalue weighted by atomic mass is 16.1. The normalized spacial score (nSPS) is 11.1. The minimum Gasteiger partial charge on any atom is -0.385 e. The van der Waals surface area contributed by atoms with Gasteiger partial charge in [0.05, 0.1) is 5.69 Å². The van der Waals surface area contributed by atoms with Crippen molar-refractivity contribution in [3.63, 3.8) is 0 Å². The summed E-state index contributed by atoms with van der Waals surface area (Å²) < 4.78 is 1.63. The van der Waals surface area contributed by atoms with Crippen LogP contribution < -0.4 is 10.9 Å². The van der Waals surface area contributed by atoms with Gasteiger partial charge in [0.25, 0.3) is 5.56 Å². The van der Waals surface area contributed by atoms with Crippen LogP contribution in [0.15, 0.2) is 29.1 Å². The van der Waals surface area contributed by atoms with Gasteiger partial charge in [0.1, 0.15) is 11.3 Å². The van der Waals surface area contributed by atoms with Gasteiger partial charge in [-0.05, 0) is 31.0 Å². The van der Waals surface area contributed by atoms with Crippen LogP contribution in [0.2, 0.25) is 0 Å². The van der Waals surface area contributed by atoms with Crippen molar-refractivity contribution in [3.05, 3.63) is 51.7 Å². The number of aryl methyl sites for hydroxylation is 2. The summed E-state index contributed by atoms with van der Waals surface area (Å²) in [5.41, 5.74) is 4.24. The maximum absolute atomic E-state index is 12.4. The SMILES string of the molecule is CCCc1nn(C)c2c(=O)[nH]c(Cc3ccc(NCC)cc3)nc12. The van der Waals surface area contributed by atoms with Crippen molar-refractivity contribution in [3.8, 4) is 0 Å². The van der Waals surface area contributed by atoms with Crippen LogP contribution in [-0.2, 0) is 19.9 Å². The van der Waals surface area contributed by atoms with Gasteiger partial charge < -0.3 is 10.3 Å². The Morgan fingerprint density at radius 3 is 2.62 bits per heavy atom. The number of nitrogens with one attached hydrogen (secondary N) is 2. The number of anilines is 1. The van der Waals surface area contributed by atoms with Crippen molar-refractivity contribution in [2.75, 3.05) is 11.9 Å². The molecule has 0 aliphatic carbocycles. The topological polar surface area (TPSA) is 75.6 Å². The molecular weight excluding hydrogens is 302 g/mol. The molecule has 126 valence electrons. The molecule has 0 saturated carbocycles. The molecule has 24 heavy (non-hydrogen) atoms. The van der Waals surface area contributed by atoms with Crippen LogP contribution in [0.4, 0.5) is 5.69 Å². The number of aromatic amines is 1. The minimum atomic E-state index is -0.128. The summed E-state index contributed by atoms with van der Waals surface area (Å²) in [6.07, 6.45) is 2.39. The third kappa shape index (κ3) is 3.18. The van der Waals surface area contributed by atoms with Crippen molar-refractivity contribution in [2.45, 2.75) is 33.1 Å². The fraction of sp³-hybridized carbons (Fsp3) is 0.389. The highest BCUT2D eigenvalue weighted by Crippen LogP contribution is 2.16.